The number of carbonyl (C=O) groups excluding carboxylic acids is 1. The van der Waals surface area contributed by atoms with Gasteiger partial charge in [-0.25, -0.2) is 0 Å². The zero-order valence-corrected chi connectivity index (χ0v) is 13.9. The van der Waals surface area contributed by atoms with Gasteiger partial charge < -0.3 is 4.42 Å². The Morgan fingerprint density at radius 1 is 1.30 bits per heavy atom. The molecule has 0 spiro atoms. The van der Waals surface area contributed by atoms with Crippen LogP contribution in [0.15, 0.2) is 57.2 Å². The highest BCUT2D eigenvalue weighted by Crippen LogP contribution is 2.24. The molecule has 0 saturated carbocycles. The maximum atomic E-state index is 11.8. The van der Waals surface area contributed by atoms with Crippen molar-refractivity contribution in [3.63, 3.8) is 0 Å². The lowest BCUT2D eigenvalue weighted by Gasteiger charge is -1.98. The fourth-order valence-corrected chi connectivity index (χ4v) is 2.91. The third kappa shape index (κ3) is 4.08. The Balaban J connectivity index is 1.68. The van der Waals surface area contributed by atoms with Gasteiger partial charge in [0.1, 0.15) is 0 Å². The van der Waals surface area contributed by atoms with Crippen LogP contribution in [0.25, 0.3) is 17.5 Å². The van der Waals surface area contributed by atoms with E-state index in [1.54, 1.807) is 29.2 Å². The molecule has 0 aliphatic rings. The lowest BCUT2D eigenvalue weighted by Crippen LogP contribution is -2.07. The predicted octanol–water partition coefficient (Wildman–Crippen LogP) is 4.17. The Kier molecular flexibility index (Phi) is 4.89. The first-order chi connectivity index (χ1) is 11.2. The molecule has 5 nitrogen and oxygen atoms in total. The van der Waals surface area contributed by atoms with Gasteiger partial charge in [-0.3, -0.25) is 10.1 Å². The number of hydrogen-bond donors (Lipinski definition) is 1. The highest BCUT2D eigenvalue weighted by atomic mass is 32.2. The summed E-state index contributed by atoms with van der Waals surface area (Å²) in [5.41, 5.74) is 0.818. The largest absolute Gasteiger partial charge is 0.403 e. The van der Waals surface area contributed by atoms with Crippen molar-refractivity contribution in [2.45, 2.75) is 4.90 Å². The fraction of sp³-hybridized carbons (Fsp3) is 0.0625. The number of nitrogens with one attached hydrogen (secondary N) is 1. The molecule has 3 aromatic rings. The number of thiophene rings is 1. The van der Waals surface area contributed by atoms with Gasteiger partial charge >= 0.3 is 6.01 Å². The molecule has 0 atom stereocenters. The number of nitrogens with zero attached hydrogens (tertiary/aromatic N) is 2. The minimum Gasteiger partial charge on any atom is -0.403 e. The van der Waals surface area contributed by atoms with Crippen LogP contribution in [0.3, 0.4) is 0 Å². The number of benzene rings is 1. The van der Waals surface area contributed by atoms with Gasteiger partial charge in [0.15, 0.2) is 0 Å². The first-order valence-corrected chi connectivity index (χ1v) is 8.85. The summed E-state index contributed by atoms with van der Waals surface area (Å²) in [5, 5.41) is 12.3. The number of rotatable bonds is 5. The SMILES string of the molecule is CSc1cccc(-c2nnc(NC(=O)C=Cc3cccs3)o2)c1. The Hall–Kier alpha value is -2.38. The number of carbonyl (C=O) groups is 1. The van der Waals surface area contributed by atoms with E-state index in [-0.39, 0.29) is 11.9 Å². The van der Waals surface area contributed by atoms with Crippen molar-refractivity contribution in [2.24, 2.45) is 0 Å². The number of anilines is 1. The van der Waals surface area contributed by atoms with Crippen LogP contribution in [0.1, 0.15) is 4.88 Å². The smallest absolute Gasteiger partial charge is 0.322 e. The lowest BCUT2D eigenvalue weighted by molar-refractivity contribution is -0.112. The molecule has 7 heteroatoms. The molecule has 2 heterocycles. The molecule has 0 aliphatic heterocycles. The summed E-state index contributed by atoms with van der Waals surface area (Å²) in [6.45, 7) is 0. The average Bonchev–Trinajstić information content (AvgIpc) is 3.25. The summed E-state index contributed by atoms with van der Waals surface area (Å²) in [6, 6.07) is 11.7. The topological polar surface area (TPSA) is 68.0 Å². The predicted molar refractivity (Wildman–Crippen MR) is 93.5 cm³/mol. The second-order valence-corrected chi connectivity index (χ2v) is 6.34. The first kappa shape index (κ1) is 15.5. The molecule has 0 saturated heterocycles. The van der Waals surface area contributed by atoms with Gasteiger partial charge in [-0.15, -0.1) is 28.2 Å². The highest BCUT2D eigenvalue weighted by Gasteiger charge is 2.10. The van der Waals surface area contributed by atoms with E-state index in [0.717, 1.165) is 15.3 Å². The van der Waals surface area contributed by atoms with E-state index in [4.69, 9.17) is 4.42 Å². The number of hydrogen-bond acceptors (Lipinski definition) is 6. The number of amides is 1. The molecule has 0 radical (unpaired) electrons. The van der Waals surface area contributed by atoms with Gasteiger partial charge in [0.05, 0.1) is 0 Å². The Morgan fingerprint density at radius 3 is 3.00 bits per heavy atom. The van der Waals surface area contributed by atoms with Gasteiger partial charge in [-0.2, -0.15) is 0 Å². The molecule has 0 aliphatic carbocycles. The van der Waals surface area contributed by atoms with Crippen molar-refractivity contribution in [1.29, 1.82) is 0 Å². The van der Waals surface area contributed by atoms with E-state index in [1.807, 2.05) is 48.0 Å². The normalized spacial score (nSPS) is 11.0. The highest BCUT2D eigenvalue weighted by molar-refractivity contribution is 7.98. The van der Waals surface area contributed by atoms with Gasteiger partial charge in [0.25, 0.3) is 5.91 Å². The molecule has 1 amide bonds. The summed E-state index contributed by atoms with van der Waals surface area (Å²) in [4.78, 5) is 13.9. The van der Waals surface area contributed by atoms with Crippen LogP contribution in [-0.4, -0.2) is 22.4 Å². The summed E-state index contributed by atoms with van der Waals surface area (Å²) in [6.07, 6.45) is 5.17. The maximum Gasteiger partial charge on any atom is 0.322 e. The number of thioether (sulfide) groups is 1. The third-order valence-corrected chi connectivity index (χ3v) is 4.48. The first-order valence-electron chi connectivity index (χ1n) is 6.75. The Labute approximate surface area is 141 Å². The van der Waals surface area contributed by atoms with Crippen molar-refractivity contribution in [3.05, 3.63) is 52.7 Å². The van der Waals surface area contributed by atoms with E-state index >= 15 is 0 Å². The zero-order chi connectivity index (χ0) is 16.1. The molecule has 2 aromatic heterocycles. The van der Waals surface area contributed by atoms with Crippen LogP contribution in [0, 0.1) is 0 Å². The summed E-state index contributed by atoms with van der Waals surface area (Å²) >= 11 is 3.19. The van der Waals surface area contributed by atoms with E-state index in [9.17, 15) is 4.79 Å². The standard InChI is InChI=1S/C16H13N3O2S2/c1-22-13-5-2-4-11(10-13)15-18-19-16(21-15)17-14(20)8-7-12-6-3-9-23-12/h2-10H,1H3,(H,17,19,20). The average molecular weight is 343 g/mol. The van der Waals surface area contributed by atoms with Crippen molar-refractivity contribution in [1.82, 2.24) is 10.2 Å². The van der Waals surface area contributed by atoms with Crippen LogP contribution in [0.5, 0.6) is 0 Å². The summed E-state index contributed by atoms with van der Waals surface area (Å²) in [7, 11) is 0. The molecule has 0 unspecified atom stereocenters. The van der Waals surface area contributed by atoms with Crippen LogP contribution in [0.2, 0.25) is 0 Å². The molecular weight excluding hydrogens is 330 g/mol. The Bertz CT molecular complexity index is 825. The van der Waals surface area contributed by atoms with Crippen molar-refractivity contribution in [3.8, 4) is 11.5 Å². The van der Waals surface area contributed by atoms with E-state index in [0.29, 0.717) is 5.89 Å². The molecule has 116 valence electrons. The molecule has 23 heavy (non-hydrogen) atoms. The maximum absolute atomic E-state index is 11.8. The molecule has 1 aromatic carbocycles. The van der Waals surface area contributed by atoms with Gasteiger partial charge in [0, 0.05) is 21.4 Å². The van der Waals surface area contributed by atoms with E-state index in [1.165, 1.54) is 6.08 Å². The third-order valence-electron chi connectivity index (χ3n) is 2.91. The monoisotopic (exact) mass is 343 g/mol. The van der Waals surface area contributed by atoms with Crippen LogP contribution in [-0.2, 0) is 4.79 Å². The molecule has 0 fully saturated rings. The molecule has 1 N–H and O–H groups in total. The minimum atomic E-state index is -0.313. The zero-order valence-electron chi connectivity index (χ0n) is 12.2. The summed E-state index contributed by atoms with van der Waals surface area (Å²) in [5.74, 6) is 0.0601. The fourth-order valence-electron chi connectivity index (χ4n) is 1.84. The van der Waals surface area contributed by atoms with E-state index < -0.39 is 0 Å². The van der Waals surface area contributed by atoms with Gasteiger partial charge in [-0.1, -0.05) is 17.2 Å². The minimum absolute atomic E-state index is 0.0791. The lowest BCUT2D eigenvalue weighted by atomic mass is 10.2. The number of aromatic nitrogens is 2. The van der Waals surface area contributed by atoms with E-state index in [2.05, 4.69) is 15.5 Å². The second-order valence-electron chi connectivity index (χ2n) is 4.48. The van der Waals surface area contributed by atoms with Crippen LogP contribution in [0.4, 0.5) is 6.01 Å². The van der Waals surface area contributed by atoms with Crippen molar-refractivity contribution >= 4 is 41.1 Å². The van der Waals surface area contributed by atoms with Crippen molar-refractivity contribution in [2.75, 3.05) is 11.6 Å². The van der Waals surface area contributed by atoms with Crippen molar-refractivity contribution < 1.29 is 9.21 Å². The van der Waals surface area contributed by atoms with Gasteiger partial charge in [-0.05, 0) is 42.0 Å². The molecule has 3 rings (SSSR count). The molecular formula is C16H13N3O2S2. The van der Waals surface area contributed by atoms with Crippen LogP contribution < -0.4 is 5.32 Å². The molecule has 0 bridgehead atoms. The Morgan fingerprint density at radius 2 is 2.22 bits per heavy atom. The summed E-state index contributed by atoms with van der Waals surface area (Å²) < 4.78 is 5.48. The van der Waals surface area contributed by atoms with Gasteiger partial charge in [0.2, 0.25) is 5.89 Å². The quantitative estimate of drug-likeness (QED) is 0.556. The van der Waals surface area contributed by atoms with Crippen LogP contribution >= 0.6 is 23.1 Å². The second kappa shape index (κ2) is 7.26.